The lowest BCUT2D eigenvalue weighted by Gasteiger charge is -2.38. The van der Waals surface area contributed by atoms with Gasteiger partial charge in [0.15, 0.2) is 5.82 Å². The van der Waals surface area contributed by atoms with E-state index in [0.717, 1.165) is 13.0 Å². The fraction of sp³-hybridized carbons (Fsp3) is 0.600. The molecule has 1 fully saturated rings. The zero-order valence-corrected chi connectivity index (χ0v) is 15.4. The molecule has 1 saturated heterocycles. The Labute approximate surface area is 150 Å². The van der Waals surface area contributed by atoms with Crippen LogP contribution in [0.5, 0.6) is 0 Å². The minimum atomic E-state index is 0.702. The maximum Gasteiger partial charge on any atom is 0.246 e. The summed E-state index contributed by atoms with van der Waals surface area (Å²) in [5.74, 6) is 1.41. The molecule has 2 aromatic rings. The molecule has 0 bridgehead atoms. The lowest BCUT2D eigenvalue weighted by atomic mass is 9.96. The van der Waals surface area contributed by atoms with Gasteiger partial charge >= 0.3 is 0 Å². The van der Waals surface area contributed by atoms with E-state index < -0.39 is 0 Å². The summed E-state index contributed by atoms with van der Waals surface area (Å²) >= 11 is 0. The van der Waals surface area contributed by atoms with E-state index >= 15 is 0 Å². The van der Waals surface area contributed by atoms with Crippen molar-refractivity contribution in [2.45, 2.75) is 65.0 Å². The Hall–Kier alpha value is -2.04. The number of nitrogens with zero attached hydrogens (tertiary/aromatic N) is 4. The Morgan fingerprint density at radius 3 is 2.92 bits per heavy atom. The van der Waals surface area contributed by atoms with Crippen molar-refractivity contribution in [3.63, 3.8) is 0 Å². The largest absolute Gasteiger partial charge is 0.369 e. The molecule has 2 aliphatic rings. The fourth-order valence-electron chi connectivity index (χ4n) is 4.34. The van der Waals surface area contributed by atoms with Crippen LogP contribution in [0, 0.1) is 6.92 Å². The normalized spacial score (nSPS) is 20.6. The van der Waals surface area contributed by atoms with Crippen molar-refractivity contribution < 1.29 is 4.52 Å². The number of anilines is 2. The molecule has 2 aliphatic heterocycles. The first-order valence-electron chi connectivity index (χ1n) is 9.68. The van der Waals surface area contributed by atoms with Crippen LogP contribution in [0.4, 0.5) is 11.4 Å². The third-order valence-electron chi connectivity index (χ3n) is 5.60. The van der Waals surface area contributed by atoms with E-state index in [1.165, 1.54) is 55.6 Å². The molecule has 1 aromatic heterocycles. The second-order valence-electron chi connectivity index (χ2n) is 7.32. The summed E-state index contributed by atoms with van der Waals surface area (Å²) in [5, 5.41) is 3.91. The van der Waals surface area contributed by atoms with Gasteiger partial charge in [0, 0.05) is 30.5 Å². The predicted octanol–water partition coefficient (Wildman–Crippen LogP) is 4.10. The zero-order valence-electron chi connectivity index (χ0n) is 15.4. The van der Waals surface area contributed by atoms with Gasteiger partial charge in [-0.3, -0.25) is 0 Å². The summed E-state index contributed by atoms with van der Waals surface area (Å²) in [6.07, 6.45) is 7.59. The van der Waals surface area contributed by atoms with Crippen LogP contribution in [0.3, 0.4) is 0 Å². The molecule has 4 rings (SSSR count). The number of hydrogen-bond donors (Lipinski definition) is 0. The van der Waals surface area contributed by atoms with Crippen molar-refractivity contribution in [2.24, 2.45) is 0 Å². The second-order valence-corrected chi connectivity index (χ2v) is 7.32. The van der Waals surface area contributed by atoms with Gasteiger partial charge in [-0.1, -0.05) is 12.1 Å². The maximum absolute atomic E-state index is 5.32. The van der Waals surface area contributed by atoms with Gasteiger partial charge in [0.25, 0.3) is 0 Å². The number of hydrogen-bond acceptors (Lipinski definition) is 5. The molecule has 5 nitrogen and oxygen atoms in total. The number of aromatic nitrogens is 2. The van der Waals surface area contributed by atoms with Crippen molar-refractivity contribution in [3.8, 4) is 0 Å². The highest BCUT2D eigenvalue weighted by molar-refractivity contribution is 5.63. The molecule has 0 N–H and O–H groups in total. The van der Waals surface area contributed by atoms with Crippen molar-refractivity contribution in [1.29, 1.82) is 0 Å². The number of rotatable bonds is 4. The molecular formula is C20H28N4O. The Balaban J connectivity index is 1.57. The molecule has 134 valence electrons. The highest BCUT2D eigenvalue weighted by Crippen LogP contribution is 2.34. The van der Waals surface area contributed by atoms with Crippen molar-refractivity contribution in [2.75, 3.05) is 22.9 Å². The van der Waals surface area contributed by atoms with Crippen LogP contribution in [-0.4, -0.2) is 29.3 Å². The van der Waals surface area contributed by atoms with Gasteiger partial charge in [-0.2, -0.15) is 4.98 Å². The summed E-state index contributed by atoms with van der Waals surface area (Å²) < 4.78 is 5.32. The summed E-state index contributed by atoms with van der Waals surface area (Å²) in [6, 6.07) is 7.74. The quantitative estimate of drug-likeness (QED) is 0.838. The zero-order chi connectivity index (χ0) is 17.2. The van der Waals surface area contributed by atoms with E-state index in [2.05, 4.69) is 45.1 Å². The van der Waals surface area contributed by atoms with Gasteiger partial charge in [0.1, 0.15) is 0 Å². The SMILES string of the molecule is CCC1CCCCN1c1ccc2c(c1)CCCN2Cc1nc(C)no1. The minimum absolute atomic E-state index is 0.702. The molecule has 0 aliphatic carbocycles. The van der Waals surface area contributed by atoms with E-state index in [0.29, 0.717) is 24.3 Å². The highest BCUT2D eigenvalue weighted by Gasteiger charge is 2.24. The molecule has 5 heteroatoms. The molecule has 0 amide bonds. The first kappa shape index (κ1) is 16.4. The van der Waals surface area contributed by atoms with Crippen molar-refractivity contribution in [1.82, 2.24) is 10.1 Å². The number of fused-ring (bicyclic) bond motifs is 1. The lowest BCUT2D eigenvalue weighted by molar-refractivity contribution is 0.371. The molecule has 3 heterocycles. The van der Waals surface area contributed by atoms with Crippen LogP contribution in [0.1, 0.15) is 56.3 Å². The average Bonchev–Trinajstić information content (AvgIpc) is 3.06. The van der Waals surface area contributed by atoms with Crippen LogP contribution >= 0.6 is 0 Å². The molecule has 1 unspecified atom stereocenters. The van der Waals surface area contributed by atoms with Crippen LogP contribution in [0.25, 0.3) is 0 Å². The number of aryl methyl sites for hydroxylation is 2. The molecule has 1 aromatic carbocycles. The molecule has 0 spiro atoms. The molecule has 25 heavy (non-hydrogen) atoms. The van der Waals surface area contributed by atoms with Crippen LogP contribution < -0.4 is 9.80 Å². The maximum atomic E-state index is 5.32. The topological polar surface area (TPSA) is 45.4 Å². The average molecular weight is 340 g/mol. The summed E-state index contributed by atoms with van der Waals surface area (Å²) in [6.45, 7) is 7.13. The summed E-state index contributed by atoms with van der Waals surface area (Å²) in [7, 11) is 0. The Kier molecular flexibility index (Phi) is 4.64. The Morgan fingerprint density at radius 2 is 2.12 bits per heavy atom. The predicted molar refractivity (Wildman–Crippen MR) is 100 cm³/mol. The molecule has 1 atom stereocenters. The monoisotopic (exact) mass is 340 g/mol. The van der Waals surface area contributed by atoms with E-state index in [-0.39, 0.29) is 0 Å². The van der Waals surface area contributed by atoms with Crippen LogP contribution in [0.2, 0.25) is 0 Å². The van der Waals surface area contributed by atoms with Gasteiger partial charge in [0.2, 0.25) is 5.89 Å². The number of benzene rings is 1. The van der Waals surface area contributed by atoms with E-state index in [1.54, 1.807) is 0 Å². The van der Waals surface area contributed by atoms with Crippen LogP contribution in [0.15, 0.2) is 22.7 Å². The van der Waals surface area contributed by atoms with Gasteiger partial charge in [0.05, 0.1) is 6.54 Å². The van der Waals surface area contributed by atoms with Gasteiger partial charge in [-0.15, -0.1) is 0 Å². The third-order valence-corrected chi connectivity index (χ3v) is 5.60. The van der Waals surface area contributed by atoms with E-state index in [1.807, 2.05) is 6.92 Å². The van der Waals surface area contributed by atoms with Crippen LogP contribution in [-0.2, 0) is 13.0 Å². The van der Waals surface area contributed by atoms with E-state index in [4.69, 9.17) is 4.52 Å². The first-order chi connectivity index (χ1) is 12.2. The summed E-state index contributed by atoms with van der Waals surface area (Å²) in [4.78, 5) is 9.37. The first-order valence-corrected chi connectivity index (χ1v) is 9.68. The minimum Gasteiger partial charge on any atom is -0.369 e. The summed E-state index contributed by atoms with van der Waals surface area (Å²) in [5.41, 5.74) is 4.19. The van der Waals surface area contributed by atoms with Gasteiger partial charge in [-0.25, -0.2) is 0 Å². The fourth-order valence-corrected chi connectivity index (χ4v) is 4.34. The van der Waals surface area contributed by atoms with Crippen molar-refractivity contribution in [3.05, 3.63) is 35.5 Å². The third kappa shape index (κ3) is 3.37. The number of piperidine rings is 1. The smallest absolute Gasteiger partial charge is 0.246 e. The van der Waals surface area contributed by atoms with Crippen molar-refractivity contribution >= 4 is 11.4 Å². The standard InChI is InChI=1S/C20H28N4O/c1-3-17-8-4-5-12-24(17)18-9-10-19-16(13-18)7-6-11-23(19)14-20-21-15(2)22-25-20/h9-10,13,17H,3-8,11-12,14H2,1-2H3. The Morgan fingerprint density at radius 1 is 1.20 bits per heavy atom. The van der Waals surface area contributed by atoms with Gasteiger partial charge < -0.3 is 14.3 Å². The molecule has 0 radical (unpaired) electrons. The van der Waals surface area contributed by atoms with Gasteiger partial charge in [-0.05, 0) is 69.2 Å². The molecular weight excluding hydrogens is 312 g/mol. The van der Waals surface area contributed by atoms with E-state index in [9.17, 15) is 0 Å². The molecule has 0 saturated carbocycles. The second kappa shape index (κ2) is 7.06. The highest BCUT2D eigenvalue weighted by atomic mass is 16.5. The lowest BCUT2D eigenvalue weighted by Crippen LogP contribution is -2.39. The Bertz CT molecular complexity index is 726.